The van der Waals surface area contributed by atoms with Crippen molar-refractivity contribution in [1.29, 1.82) is 0 Å². The van der Waals surface area contributed by atoms with Crippen molar-refractivity contribution in [2.45, 2.75) is 38.3 Å². The summed E-state index contributed by atoms with van der Waals surface area (Å²) in [5.74, 6) is 0.887. The van der Waals surface area contributed by atoms with Crippen LogP contribution in [0.25, 0.3) is 11.4 Å². The van der Waals surface area contributed by atoms with E-state index < -0.39 is 0 Å². The molecule has 27 heavy (non-hydrogen) atoms. The van der Waals surface area contributed by atoms with Gasteiger partial charge < -0.3 is 4.98 Å². The molecular weight excluding hydrogens is 377 g/mol. The molecule has 2 aliphatic rings. The van der Waals surface area contributed by atoms with Crippen molar-refractivity contribution in [2.75, 3.05) is 6.54 Å². The van der Waals surface area contributed by atoms with Gasteiger partial charge in [-0.05, 0) is 48.6 Å². The number of nitrogens with zero attached hydrogens (tertiary/aromatic N) is 2. The summed E-state index contributed by atoms with van der Waals surface area (Å²) in [5, 5.41) is 1.64. The third-order valence-corrected chi connectivity index (χ3v) is 6.59. The fourth-order valence-electron chi connectivity index (χ4n) is 4.43. The van der Waals surface area contributed by atoms with Gasteiger partial charge in [-0.2, -0.15) is 0 Å². The number of aryl methyl sites for hydroxylation is 1. The van der Waals surface area contributed by atoms with Gasteiger partial charge in [0.15, 0.2) is 0 Å². The second kappa shape index (κ2) is 6.97. The molecule has 5 rings (SSSR count). The van der Waals surface area contributed by atoms with Crippen LogP contribution in [-0.2, 0) is 25.8 Å². The highest BCUT2D eigenvalue weighted by molar-refractivity contribution is 6.33. The van der Waals surface area contributed by atoms with Gasteiger partial charge in [-0.3, -0.25) is 4.90 Å². The maximum absolute atomic E-state index is 6.46. The second-order valence-electron chi connectivity index (χ2n) is 7.49. The first-order valence-corrected chi connectivity index (χ1v) is 10.3. The molecule has 0 amide bonds. The molecule has 2 heterocycles. The fraction of sp³-hybridized carbons (Fsp3) is 0.318. The van der Waals surface area contributed by atoms with E-state index in [1.807, 2.05) is 30.3 Å². The summed E-state index contributed by atoms with van der Waals surface area (Å²) >= 11 is 12.8. The summed E-state index contributed by atoms with van der Waals surface area (Å²) in [6.45, 7) is 2.04. The van der Waals surface area contributed by atoms with Crippen LogP contribution in [0.15, 0.2) is 42.5 Å². The number of benzene rings is 2. The number of nitrogens with one attached hydrogen (secondary N) is 1. The van der Waals surface area contributed by atoms with E-state index in [4.69, 9.17) is 28.2 Å². The van der Waals surface area contributed by atoms with Crippen LogP contribution in [0.4, 0.5) is 0 Å². The van der Waals surface area contributed by atoms with E-state index in [2.05, 4.69) is 22.0 Å². The van der Waals surface area contributed by atoms with Gasteiger partial charge in [0.05, 0.1) is 10.7 Å². The Morgan fingerprint density at radius 1 is 1.00 bits per heavy atom. The standard InChI is InChI=1S/C22H21Cl2N3/c23-18-6-2-1-5-16(18)22-25-20-9-8-15(12-21(20)26-22)27-11-10-14-4-3-7-19(24)17(14)13-27/h1-7,15H,8-13H2,(H,25,26)/t15-/m0/s1. The highest BCUT2D eigenvalue weighted by Crippen LogP contribution is 2.33. The molecule has 0 radical (unpaired) electrons. The van der Waals surface area contributed by atoms with Crippen LogP contribution in [0.2, 0.25) is 10.0 Å². The van der Waals surface area contributed by atoms with Crippen molar-refractivity contribution in [3.05, 3.63) is 75.0 Å². The maximum atomic E-state index is 6.46. The van der Waals surface area contributed by atoms with Gasteiger partial charge in [0.2, 0.25) is 0 Å². The zero-order chi connectivity index (χ0) is 18.4. The predicted octanol–water partition coefficient (Wildman–Crippen LogP) is 5.30. The zero-order valence-electron chi connectivity index (χ0n) is 15.0. The number of H-pyrrole nitrogens is 1. The molecule has 2 aromatic carbocycles. The third-order valence-electron chi connectivity index (χ3n) is 5.91. The van der Waals surface area contributed by atoms with Crippen molar-refractivity contribution >= 4 is 23.2 Å². The molecule has 3 nitrogen and oxygen atoms in total. The minimum absolute atomic E-state index is 0.529. The lowest BCUT2D eigenvalue weighted by atomic mass is 9.91. The number of aromatic amines is 1. The van der Waals surface area contributed by atoms with E-state index >= 15 is 0 Å². The van der Waals surface area contributed by atoms with Gasteiger partial charge in [-0.1, -0.05) is 47.5 Å². The topological polar surface area (TPSA) is 31.9 Å². The Balaban J connectivity index is 1.38. The van der Waals surface area contributed by atoms with Gasteiger partial charge in [-0.15, -0.1) is 0 Å². The molecule has 1 N–H and O–H groups in total. The average molecular weight is 398 g/mol. The predicted molar refractivity (Wildman–Crippen MR) is 110 cm³/mol. The van der Waals surface area contributed by atoms with Gasteiger partial charge in [0.1, 0.15) is 5.82 Å². The minimum atomic E-state index is 0.529. The first-order chi connectivity index (χ1) is 13.2. The summed E-state index contributed by atoms with van der Waals surface area (Å²) in [4.78, 5) is 11.0. The van der Waals surface area contributed by atoms with Gasteiger partial charge in [0.25, 0.3) is 0 Å². The normalized spacial score (nSPS) is 19.6. The first kappa shape index (κ1) is 17.3. The quantitative estimate of drug-likeness (QED) is 0.635. The molecule has 1 aliphatic carbocycles. The number of hydrogen-bond donors (Lipinski definition) is 1. The Labute approximate surface area is 169 Å². The van der Waals surface area contributed by atoms with Crippen LogP contribution < -0.4 is 0 Å². The van der Waals surface area contributed by atoms with E-state index in [-0.39, 0.29) is 0 Å². The van der Waals surface area contributed by atoms with Crippen LogP contribution >= 0.6 is 23.2 Å². The molecule has 0 unspecified atom stereocenters. The van der Waals surface area contributed by atoms with E-state index in [0.29, 0.717) is 6.04 Å². The Morgan fingerprint density at radius 2 is 1.85 bits per heavy atom. The van der Waals surface area contributed by atoms with E-state index in [0.717, 1.165) is 60.2 Å². The Kier molecular flexibility index (Phi) is 4.47. The summed E-state index contributed by atoms with van der Waals surface area (Å²) in [7, 11) is 0. The molecule has 0 spiro atoms. The summed E-state index contributed by atoms with van der Waals surface area (Å²) in [6.07, 6.45) is 4.23. The zero-order valence-corrected chi connectivity index (χ0v) is 16.5. The van der Waals surface area contributed by atoms with Crippen molar-refractivity contribution in [3.63, 3.8) is 0 Å². The molecule has 0 bridgehead atoms. The number of imidazole rings is 1. The Hall–Kier alpha value is -1.81. The summed E-state index contributed by atoms with van der Waals surface area (Å²) in [5.41, 5.74) is 6.13. The molecule has 0 fully saturated rings. The lowest BCUT2D eigenvalue weighted by Crippen LogP contribution is -2.42. The number of fused-ring (bicyclic) bond motifs is 2. The van der Waals surface area contributed by atoms with Gasteiger partial charge >= 0.3 is 0 Å². The van der Waals surface area contributed by atoms with Crippen LogP contribution in [0.5, 0.6) is 0 Å². The first-order valence-electron chi connectivity index (χ1n) is 9.52. The van der Waals surface area contributed by atoms with Crippen molar-refractivity contribution < 1.29 is 0 Å². The monoisotopic (exact) mass is 397 g/mol. The molecule has 5 heteroatoms. The number of rotatable bonds is 2. The van der Waals surface area contributed by atoms with Crippen LogP contribution in [0.3, 0.4) is 0 Å². The van der Waals surface area contributed by atoms with Gasteiger partial charge in [0, 0.05) is 41.8 Å². The lowest BCUT2D eigenvalue weighted by Gasteiger charge is -2.37. The highest BCUT2D eigenvalue weighted by Gasteiger charge is 2.29. The summed E-state index contributed by atoms with van der Waals surface area (Å²) in [6, 6.07) is 14.7. The number of aromatic nitrogens is 2. The third kappa shape index (κ3) is 3.18. The fourth-order valence-corrected chi connectivity index (χ4v) is 4.91. The van der Waals surface area contributed by atoms with Crippen molar-refractivity contribution in [3.8, 4) is 11.4 Å². The highest BCUT2D eigenvalue weighted by atomic mass is 35.5. The van der Waals surface area contributed by atoms with Crippen LogP contribution in [0.1, 0.15) is 28.9 Å². The minimum Gasteiger partial charge on any atom is -0.342 e. The SMILES string of the molecule is Clc1ccccc1-c1nc2c([nH]1)C[C@@H](N1CCc3cccc(Cl)c3C1)CC2. The largest absolute Gasteiger partial charge is 0.342 e. The molecule has 138 valence electrons. The van der Waals surface area contributed by atoms with Crippen LogP contribution in [0, 0.1) is 0 Å². The number of hydrogen-bond acceptors (Lipinski definition) is 2. The summed E-state index contributed by atoms with van der Waals surface area (Å²) < 4.78 is 0. The molecule has 0 saturated carbocycles. The van der Waals surface area contributed by atoms with E-state index in [1.165, 1.54) is 22.5 Å². The van der Waals surface area contributed by atoms with E-state index in [9.17, 15) is 0 Å². The molecule has 1 atom stereocenters. The van der Waals surface area contributed by atoms with Crippen LogP contribution in [-0.4, -0.2) is 27.5 Å². The number of halogens is 2. The molecular formula is C22H21Cl2N3. The second-order valence-corrected chi connectivity index (χ2v) is 8.30. The smallest absolute Gasteiger partial charge is 0.139 e. The Morgan fingerprint density at radius 3 is 2.74 bits per heavy atom. The van der Waals surface area contributed by atoms with Gasteiger partial charge in [-0.25, -0.2) is 4.98 Å². The molecule has 3 aromatic rings. The molecule has 1 aromatic heterocycles. The van der Waals surface area contributed by atoms with E-state index in [1.54, 1.807) is 0 Å². The van der Waals surface area contributed by atoms with Crippen molar-refractivity contribution in [1.82, 2.24) is 14.9 Å². The Bertz CT molecular complexity index is 995. The average Bonchev–Trinajstić information content (AvgIpc) is 3.11. The molecule has 0 saturated heterocycles. The molecule has 1 aliphatic heterocycles. The maximum Gasteiger partial charge on any atom is 0.139 e. The van der Waals surface area contributed by atoms with Crippen molar-refractivity contribution in [2.24, 2.45) is 0 Å². The lowest BCUT2D eigenvalue weighted by molar-refractivity contribution is 0.162.